The van der Waals surface area contributed by atoms with Crippen molar-refractivity contribution in [1.82, 2.24) is 4.98 Å². The second-order valence-corrected chi connectivity index (χ2v) is 8.00. The zero-order valence-electron chi connectivity index (χ0n) is 16.0. The Kier molecular flexibility index (Phi) is 6.88. The van der Waals surface area contributed by atoms with Crippen LogP contribution in [-0.4, -0.2) is 36.6 Å². The highest BCUT2D eigenvalue weighted by molar-refractivity contribution is 14.1. The first kappa shape index (κ1) is 20.6. The fourth-order valence-electron chi connectivity index (χ4n) is 3.40. The van der Waals surface area contributed by atoms with Crippen LogP contribution in [0.3, 0.4) is 0 Å². The molecule has 1 amide bonds. The van der Waals surface area contributed by atoms with E-state index in [9.17, 15) is 9.59 Å². The van der Waals surface area contributed by atoms with E-state index < -0.39 is 11.8 Å². The van der Waals surface area contributed by atoms with E-state index in [-0.39, 0.29) is 11.9 Å². The number of benzene rings is 1. The number of halogens is 1. The van der Waals surface area contributed by atoms with Crippen molar-refractivity contribution in [3.05, 3.63) is 51.7 Å². The predicted molar refractivity (Wildman–Crippen MR) is 117 cm³/mol. The molecule has 1 aliphatic heterocycles. The highest BCUT2D eigenvalue weighted by Gasteiger charge is 2.40. The van der Waals surface area contributed by atoms with Gasteiger partial charge in [-0.2, -0.15) is 0 Å². The van der Waals surface area contributed by atoms with E-state index in [0.717, 1.165) is 20.6 Å². The Balaban J connectivity index is 1.80. The van der Waals surface area contributed by atoms with Gasteiger partial charge in [-0.25, -0.2) is 4.98 Å². The minimum absolute atomic E-state index is 0.168. The van der Waals surface area contributed by atoms with Gasteiger partial charge in [-0.05, 0) is 72.7 Å². The van der Waals surface area contributed by atoms with Crippen LogP contribution in [0.2, 0.25) is 0 Å². The third-order valence-corrected chi connectivity index (χ3v) is 6.11. The maximum atomic E-state index is 13.1. The molecule has 2 atom stereocenters. The smallest absolute Gasteiger partial charge is 0.309 e. The molecule has 1 fully saturated rings. The number of carbonyl (C=O) groups excluding carboxylic acids is 2. The Labute approximate surface area is 178 Å². The lowest BCUT2D eigenvalue weighted by atomic mass is 9.84. The lowest BCUT2D eigenvalue weighted by molar-refractivity contribution is -0.152. The van der Waals surface area contributed by atoms with Gasteiger partial charge in [0.15, 0.2) is 0 Å². The Morgan fingerprint density at radius 1 is 1.29 bits per heavy atom. The summed E-state index contributed by atoms with van der Waals surface area (Å²) in [6.07, 6.45) is 2.29. The average molecular weight is 493 g/mol. The Morgan fingerprint density at radius 2 is 2.11 bits per heavy atom. The number of nitrogens with zero attached hydrogens (tertiary/aromatic N) is 2. The molecule has 2 unspecified atom stereocenters. The fourth-order valence-corrected chi connectivity index (χ4v) is 3.92. The number of anilines is 2. The summed E-state index contributed by atoms with van der Waals surface area (Å²) in [5, 5.41) is 2.98. The van der Waals surface area contributed by atoms with Crippen LogP contribution in [0.15, 0.2) is 42.6 Å². The van der Waals surface area contributed by atoms with Gasteiger partial charge in [0, 0.05) is 28.5 Å². The topological polar surface area (TPSA) is 71.5 Å². The minimum Gasteiger partial charge on any atom is -0.466 e. The lowest BCUT2D eigenvalue weighted by Gasteiger charge is -2.37. The average Bonchev–Trinajstić information content (AvgIpc) is 2.71. The summed E-state index contributed by atoms with van der Waals surface area (Å²) in [7, 11) is 0. The van der Waals surface area contributed by atoms with Crippen molar-refractivity contribution >= 4 is 46.0 Å². The highest BCUT2D eigenvalue weighted by Crippen LogP contribution is 2.29. The number of hydrogen-bond donors (Lipinski definition) is 1. The van der Waals surface area contributed by atoms with Crippen LogP contribution >= 0.6 is 22.6 Å². The van der Waals surface area contributed by atoms with Crippen LogP contribution in [0.4, 0.5) is 11.5 Å². The van der Waals surface area contributed by atoms with E-state index in [1.54, 1.807) is 13.1 Å². The molecule has 0 aliphatic carbocycles. The SMILES string of the molecule is CCOC(=O)C1CCN(c2ccccn2)CC1C(=O)Nc1ccc(C)c(I)c1. The third kappa shape index (κ3) is 4.81. The van der Waals surface area contributed by atoms with Crippen LogP contribution in [-0.2, 0) is 14.3 Å². The summed E-state index contributed by atoms with van der Waals surface area (Å²) in [6, 6.07) is 11.5. The molecule has 1 aliphatic rings. The van der Waals surface area contributed by atoms with Crippen molar-refractivity contribution in [2.75, 3.05) is 29.9 Å². The van der Waals surface area contributed by atoms with Crippen LogP contribution in [0.25, 0.3) is 0 Å². The molecule has 0 spiro atoms. The lowest BCUT2D eigenvalue weighted by Crippen LogP contribution is -2.48. The molecular formula is C21H24IN3O3. The largest absolute Gasteiger partial charge is 0.466 e. The number of carbonyl (C=O) groups is 2. The number of ether oxygens (including phenoxy) is 1. The number of aryl methyl sites for hydroxylation is 1. The number of amides is 1. The molecule has 3 rings (SSSR count). The minimum atomic E-state index is -0.506. The molecule has 148 valence electrons. The van der Waals surface area contributed by atoms with Crippen LogP contribution < -0.4 is 10.2 Å². The van der Waals surface area contributed by atoms with E-state index in [1.807, 2.05) is 43.3 Å². The fraction of sp³-hybridized carbons (Fsp3) is 0.381. The number of pyridine rings is 1. The second-order valence-electron chi connectivity index (χ2n) is 6.84. The van der Waals surface area contributed by atoms with Crippen molar-refractivity contribution in [2.24, 2.45) is 11.8 Å². The van der Waals surface area contributed by atoms with E-state index in [1.165, 1.54) is 0 Å². The first-order chi connectivity index (χ1) is 13.5. The predicted octanol–water partition coefficient (Wildman–Crippen LogP) is 3.64. The van der Waals surface area contributed by atoms with Gasteiger partial charge in [0.1, 0.15) is 5.82 Å². The van der Waals surface area contributed by atoms with E-state index in [2.05, 4.69) is 37.8 Å². The Hall–Kier alpha value is -2.16. The summed E-state index contributed by atoms with van der Waals surface area (Å²) in [6.45, 7) is 5.20. The van der Waals surface area contributed by atoms with Gasteiger partial charge in [0.05, 0.1) is 18.4 Å². The first-order valence-electron chi connectivity index (χ1n) is 9.39. The number of aromatic nitrogens is 1. The standard InChI is InChI=1S/C21H24IN3O3/c1-3-28-21(27)16-9-11-25(19-6-4-5-10-23-19)13-17(16)20(26)24-15-8-7-14(2)18(22)12-15/h4-8,10,12,16-17H,3,9,11,13H2,1-2H3,(H,24,26). The van der Waals surface area contributed by atoms with E-state index in [4.69, 9.17) is 4.74 Å². The summed E-state index contributed by atoms with van der Waals surface area (Å²) < 4.78 is 6.31. The number of nitrogens with one attached hydrogen (secondary N) is 1. The van der Waals surface area contributed by atoms with Gasteiger partial charge in [-0.1, -0.05) is 12.1 Å². The molecule has 7 heteroatoms. The molecule has 0 bridgehead atoms. The van der Waals surface area contributed by atoms with Gasteiger partial charge < -0.3 is 15.0 Å². The Bertz CT molecular complexity index is 844. The number of hydrogen-bond acceptors (Lipinski definition) is 5. The molecule has 28 heavy (non-hydrogen) atoms. The van der Waals surface area contributed by atoms with Gasteiger partial charge in [-0.15, -0.1) is 0 Å². The zero-order valence-corrected chi connectivity index (χ0v) is 18.2. The van der Waals surface area contributed by atoms with Crippen LogP contribution in [0.1, 0.15) is 18.9 Å². The summed E-state index contributed by atoms with van der Waals surface area (Å²) in [4.78, 5) is 32.0. The molecule has 0 radical (unpaired) electrons. The van der Waals surface area contributed by atoms with Gasteiger partial charge in [0.2, 0.25) is 5.91 Å². The first-order valence-corrected chi connectivity index (χ1v) is 10.5. The van der Waals surface area contributed by atoms with Crippen LogP contribution in [0.5, 0.6) is 0 Å². The molecular weight excluding hydrogens is 469 g/mol. The van der Waals surface area contributed by atoms with Gasteiger partial charge in [-0.3, -0.25) is 9.59 Å². The summed E-state index contributed by atoms with van der Waals surface area (Å²) in [5.41, 5.74) is 1.89. The van der Waals surface area contributed by atoms with Crippen LogP contribution in [0, 0.1) is 22.3 Å². The van der Waals surface area contributed by atoms with Gasteiger partial charge >= 0.3 is 5.97 Å². The monoisotopic (exact) mass is 493 g/mol. The molecule has 1 N–H and O–H groups in total. The van der Waals surface area contributed by atoms with Crippen molar-refractivity contribution in [1.29, 1.82) is 0 Å². The third-order valence-electron chi connectivity index (χ3n) is 4.95. The number of rotatable bonds is 5. The van der Waals surface area contributed by atoms with Crippen molar-refractivity contribution < 1.29 is 14.3 Å². The van der Waals surface area contributed by atoms with Crippen molar-refractivity contribution in [3.63, 3.8) is 0 Å². The molecule has 6 nitrogen and oxygen atoms in total. The molecule has 2 aromatic rings. The van der Waals surface area contributed by atoms with Crippen molar-refractivity contribution in [2.45, 2.75) is 20.3 Å². The molecule has 1 saturated heterocycles. The zero-order chi connectivity index (χ0) is 20.1. The normalized spacial score (nSPS) is 19.2. The maximum Gasteiger partial charge on any atom is 0.309 e. The van der Waals surface area contributed by atoms with E-state index in [0.29, 0.717) is 26.1 Å². The molecule has 1 aromatic carbocycles. The summed E-state index contributed by atoms with van der Waals surface area (Å²) in [5.74, 6) is -0.620. The highest BCUT2D eigenvalue weighted by atomic mass is 127. The summed E-state index contributed by atoms with van der Waals surface area (Å²) >= 11 is 2.25. The molecule has 0 saturated carbocycles. The number of piperidine rings is 1. The van der Waals surface area contributed by atoms with E-state index >= 15 is 0 Å². The number of esters is 1. The molecule has 1 aromatic heterocycles. The quantitative estimate of drug-likeness (QED) is 0.509. The van der Waals surface area contributed by atoms with Crippen molar-refractivity contribution in [3.8, 4) is 0 Å². The Morgan fingerprint density at radius 3 is 2.79 bits per heavy atom. The maximum absolute atomic E-state index is 13.1. The molecule has 2 heterocycles. The van der Waals surface area contributed by atoms with Gasteiger partial charge in [0.25, 0.3) is 0 Å². The second kappa shape index (κ2) is 9.36.